The minimum absolute atomic E-state index is 0.0599. The molecule has 33 heavy (non-hydrogen) atoms. The van der Waals surface area contributed by atoms with Gasteiger partial charge in [-0.05, 0) is 55.8 Å². The van der Waals surface area contributed by atoms with Gasteiger partial charge in [0, 0.05) is 36.2 Å². The molecule has 8 heteroatoms. The molecule has 0 aliphatic rings. The summed E-state index contributed by atoms with van der Waals surface area (Å²) in [5, 5.41) is 11.2. The highest BCUT2D eigenvalue weighted by molar-refractivity contribution is 5.96. The molecule has 0 radical (unpaired) electrons. The largest absolute Gasteiger partial charge is 0.324 e. The lowest BCUT2D eigenvalue weighted by Crippen LogP contribution is -2.36. The summed E-state index contributed by atoms with van der Waals surface area (Å²) in [6.45, 7) is 4.03. The van der Waals surface area contributed by atoms with Crippen molar-refractivity contribution in [3.63, 3.8) is 0 Å². The van der Waals surface area contributed by atoms with E-state index < -0.39 is 12.1 Å². The lowest BCUT2D eigenvalue weighted by atomic mass is 10.1. The van der Waals surface area contributed by atoms with Crippen molar-refractivity contribution in [1.29, 1.82) is 0 Å². The number of carbonyl (C=O) groups excluding carboxylic acids is 2. The Bertz CT molecular complexity index is 1170. The molecular weight excluding hydrogens is 416 g/mol. The van der Waals surface area contributed by atoms with Gasteiger partial charge in [0.05, 0.1) is 6.54 Å². The van der Waals surface area contributed by atoms with E-state index in [9.17, 15) is 9.59 Å². The van der Waals surface area contributed by atoms with Crippen LogP contribution in [0, 0.1) is 0 Å². The molecule has 0 aliphatic heterocycles. The van der Waals surface area contributed by atoms with E-state index >= 15 is 0 Å². The van der Waals surface area contributed by atoms with Gasteiger partial charge < -0.3 is 10.2 Å². The Kier molecular flexibility index (Phi) is 6.64. The van der Waals surface area contributed by atoms with Gasteiger partial charge in [-0.3, -0.25) is 19.0 Å². The Morgan fingerprint density at radius 2 is 1.45 bits per heavy atom. The van der Waals surface area contributed by atoms with E-state index in [0.717, 1.165) is 11.3 Å². The first-order valence-electron chi connectivity index (χ1n) is 10.8. The molecule has 8 nitrogen and oxygen atoms in total. The van der Waals surface area contributed by atoms with Gasteiger partial charge in [0.25, 0.3) is 5.91 Å². The molecule has 0 fully saturated rings. The Balaban J connectivity index is 1.48. The van der Waals surface area contributed by atoms with Crippen LogP contribution in [-0.4, -0.2) is 31.4 Å². The van der Waals surface area contributed by atoms with E-state index in [1.807, 2.05) is 61.5 Å². The van der Waals surface area contributed by atoms with Crippen molar-refractivity contribution < 1.29 is 9.59 Å². The maximum atomic E-state index is 13.3. The van der Waals surface area contributed by atoms with Gasteiger partial charge in [0.15, 0.2) is 0 Å². The molecule has 2 aromatic heterocycles. The van der Waals surface area contributed by atoms with Crippen LogP contribution in [0.25, 0.3) is 0 Å². The first-order valence-corrected chi connectivity index (χ1v) is 10.8. The van der Waals surface area contributed by atoms with Crippen LogP contribution < -0.4 is 10.2 Å². The van der Waals surface area contributed by atoms with Gasteiger partial charge in [0.2, 0.25) is 5.91 Å². The van der Waals surface area contributed by atoms with Crippen molar-refractivity contribution in [3.8, 4) is 0 Å². The second-order valence-corrected chi connectivity index (χ2v) is 7.77. The van der Waals surface area contributed by atoms with Crippen LogP contribution in [0.1, 0.15) is 31.5 Å². The number of nitrogens with one attached hydrogen (secondary N) is 1. The summed E-state index contributed by atoms with van der Waals surface area (Å²) in [4.78, 5) is 27.6. The predicted octanol–water partition coefficient (Wildman–Crippen LogP) is 4.07. The molecule has 4 aromatic rings. The third kappa shape index (κ3) is 5.17. The Morgan fingerprint density at radius 3 is 2.03 bits per heavy atom. The first kappa shape index (κ1) is 22.0. The first-order chi connectivity index (χ1) is 16.0. The molecule has 0 saturated carbocycles. The van der Waals surface area contributed by atoms with Gasteiger partial charge in [-0.15, -0.1) is 0 Å². The fourth-order valence-corrected chi connectivity index (χ4v) is 3.51. The van der Waals surface area contributed by atoms with Crippen molar-refractivity contribution in [2.75, 3.05) is 10.2 Å². The predicted molar refractivity (Wildman–Crippen MR) is 127 cm³/mol. The molecule has 2 atom stereocenters. The summed E-state index contributed by atoms with van der Waals surface area (Å²) in [5.41, 5.74) is 2.44. The topological polar surface area (TPSA) is 85.0 Å². The molecule has 0 unspecified atom stereocenters. The lowest BCUT2D eigenvalue weighted by Gasteiger charge is -2.26. The molecule has 4 rings (SSSR count). The number of anilines is 2. The molecule has 168 valence electrons. The fraction of sp³-hybridized carbons (Fsp3) is 0.200. The Morgan fingerprint density at radius 1 is 0.848 bits per heavy atom. The van der Waals surface area contributed by atoms with Crippen molar-refractivity contribution in [2.45, 2.75) is 32.5 Å². The van der Waals surface area contributed by atoms with E-state index in [1.54, 1.807) is 58.1 Å². The Labute approximate surface area is 192 Å². The molecule has 0 saturated heterocycles. The summed E-state index contributed by atoms with van der Waals surface area (Å²) < 4.78 is 3.26. The summed E-state index contributed by atoms with van der Waals surface area (Å²) in [6.07, 6.45) is 6.85. The number of benzene rings is 2. The smallest absolute Gasteiger partial charge is 0.251 e. The van der Waals surface area contributed by atoms with Crippen LogP contribution in [0.4, 0.5) is 11.4 Å². The number of aromatic nitrogens is 4. The lowest BCUT2D eigenvalue weighted by molar-refractivity contribution is -0.121. The van der Waals surface area contributed by atoms with Crippen molar-refractivity contribution >= 4 is 23.2 Å². The number of amides is 2. The van der Waals surface area contributed by atoms with Crippen LogP contribution in [0.2, 0.25) is 0 Å². The molecule has 2 heterocycles. The highest BCUT2D eigenvalue weighted by atomic mass is 16.2. The SMILES string of the molecule is C[C@H](C(=O)N(Cc1ccc(NC(=O)[C@H](C)n2cccn2)cc1)c1ccccc1)n1cccn1. The Hall–Kier alpha value is -4.20. The van der Waals surface area contributed by atoms with Gasteiger partial charge in [0.1, 0.15) is 12.1 Å². The molecule has 2 amide bonds. The fourth-order valence-electron chi connectivity index (χ4n) is 3.51. The summed E-state index contributed by atoms with van der Waals surface area (Å²) >= 11 is 0. The van der Waals surface area contributed by atoms with Crippen LogP contribution >= 0.6 is 0 Å². The molecular formula is C25H26N6O2. The molecule has 0 aliphatic carbocycles. The van der Waals surface area contributed by atoms with Crippen LogP contribution in [0.5, 0.6) is 0 Å². The van der Waals surface area contributed by atoms with Gasteiger partial charge in [-0.25, -0.2) is 0 Å². The van der Waals surface area contributed by atoms with Gasteiger partial charge in [-0.2, -0.15) is 10.2 Å². The number of para-hydroxylation sites is 1. The third-order valence-corrected chi connectivity index (χ3v) is 5.48. The van der Waals surface area contributed by atoms with Crippen LogP contribution in [-0.2, 0) is 16.1 Å². The normalized spacial score (nSPS) is 12.7. The zero-order valence-electron chi connectivity index (χ0n) is 18.6. The number of hydrogen-bond donors (Lipinski definition) is 1. The maximum Gasteiger partial charge on any atom is 0.251 e. The van der Waals surface area contributed by atoms with Crippen molar-refractivity contribution in [1.82, 2.24) is 19.6 Å². The number of hydrogen-bond acceptors (Lipinski definition) is 4. The van der Waals surface area contributed by atoms with E-state index in [2.05, 4.69) is 15.5 Å². The van der Waals surface area contributed by atoms with Gasteiger partial charge in [-0.1, -0.05) is 30.3 Å². The minimum atomic E-state index is -0.442. The highest BCUT2D eigenvalue weighted by Gasteiger charge is 2.24. The quantitative estimate of drug-likeness (QED) is 0.446. The van der Waals surface area contributed by atoms with Crippen LogP contribution in [0.15, 0.2) is 91.5 Å². The number of nitrogens with zero attached hydrogens (tertiary/aromatic N) is 5. The molecule has 2 aromatic carbocycles. The zero-order chi connectivity index (χ0) is 23.2. The zero-order valence-corrected chi connectivity index (χ0v) is 18.6. The average molecular weight is 443 g/mol. The molecule has 0 spiro atoms. The van der Waals surface area contributed by atoms with E-state index in [-0.39, 0.29) is 11.8 Å². The average Bonchev–Trinajstić information content (AvgIpc) is 3.57. The molecule has 0 bridgehead atoms. The second kappa shape index (κ2) is 9.95. The third-order valence-electron chi connectivity index (χ3n) is 5.48. The van der Waals surface area contributed by atoms with E-state index in [1.165, 1.54) is 0 Å². The number of carbonyl (C=O) groups is 2. The van der Waals surface area contributed by atoms with Crippen LogP contribution in [0.3, 0.4) is 0 Å². The van der Waals surface area contributed by atoms with Gasteiger partial charge >= 0.3 is 0 Å². The summed E-state index contributed by atoms with van der Waals surface area (Å²) in [6, 6.07) is 19.8. The standard InChI is InChI=1S/C25H26N6O2/c1-19(30-16-6-14-26-30)24(32)28-22-12-10-21(11-13-22)18-29(23-8-4-3-5-9-23)25(33)20(2)31-17-7-15-27-31/h3-17,19-20H,18H2,1-2H3,(H,28,32)/t19-,20+/m0/s1. The van der Waals surface area contributed by atoms with E-state index in [0.29, 0.717) is 12.2 Å². The van der Waals surface area contributed by atoms with Crippen molar-refractivity contribution in [3.05, 3.63) is 97.1 Å². The second-order valence-electron chi connectivity index (χ2n) is 7.77. The summed E-state index contributed by atoms with van der Waals surface area (Å²) in [7, 11) is 0. The van der Waals surface area contributed by atoms with Crippen molar-refractivity contribution in [2.24, 2.45) is 0 Å². The monoisotopic (exact) mass is 442 g/mol. The minimum Gasteiger partial charge on any atom is -0.324 e. The van der Waals surface area contributed by atoms with E-state index in [4.69, 9.17) is 0 Å². The maximum absolute atomic E-state index is 13.3. The number of rotatable bonds is 8. The highest BCUT2D eigenvalue weighted by Crippen LogP contribution is 2.22. The molecule has 1 N–H and O–H groups in total. The summed E-state index contributed by atoms with van der Waals surface area (Å²) in [5.74, 6) is -0.212.